The number of amides is 3. The summed E-state index contributed by atoms with van der Waals surface area (Å²) in [6.45, 7) is 4.25. The van der Waals surface area contributed by atoms with E-state index in [0.29, 0.717) is 24.6 Å². The van der Waals surface area contributed by atoms with Crippen molar-refractivity contribution in [1.29, 1.82) is 0 Å². The minimum absolute atomic E-state index is 0.121. The monoisotopic (exact) mass is 370 g/mol. The Morgan fingerprint density at radius 3 is 2.78 bits per heavy atom. The van der Waals surface area contributed by atoms with Crippen molar-refractivity contribution in [2.75, 3.05) is 6.54 Å². The smallest absolute Gasteiger partial charge is 0.255 e. The number of hydrogen-bond donors (Lipinski definition) is 2. The number of fused-ring (bicyclic) bond motifs is 1. The van der Waals surface area contributed by atoms with Crippen LogP contribution in [0.5, 0.6) is 0 Å². The molecule has 0 saturated carbocycles. The normalized spacial score (nSPS) is 29.0. The Balaban J connectivity index is 1.56. The fourth-order valence-corrected chi connectivity index (χ4v) is 4.45. The van der Waals surface area contributed by atoms with Gasteiger partial charge in [-0.1, -0.05) is 12.1 Å². The maximum atomic E-state index is 12.9. The van der Waals surface area contributed by atoms with Gasteiger partial charge in [0.15, 0.2) is 0 Å². The molecule has 3 aliphatic heterocycles. The van der Waals surface area contributed by atoms with Crippen molar-refractivity contribution < 1.29 is 14.4 Å². The molecule has 27 heavy (non-hydrogen) atoms. The van der Waals surface area contributed by atoms with E-state index in [9.17, 15) is 14.4 Å². The molecule has 0 bridgehead atoms. The van der Waals surface area contributed by atoms with Gasteiger partial charge in [0.05, 0.1) is 0 Å². The molecule has 3 aliphatic rings. The van der Waals surface area contributed by atoms with E-state index in [1.165, 1.54) is 0 Å². The van der Waals surface area contributed by atoms with Crippen molar-refractivity contribution in [2.24, 2.45) is 5.73 Å². The summed E-state index contributed by atoms with van der Waals surface area (Å²) in [4.78, 5) is 40.5. The zero-order chi connectivity index (χ0) is 19.1. The molecule has 3 atom stereocenters. The van der Waals surface area contributed by atoms with Crippen molar-refractivity contribution in [3.8, 4) is 0 Å². The zero-order valence-electron chi connectivity index (χ0n) is 15.6. The molecule has 0 spiro atoms. The lowest BCUT2D eigenvalue weighted by Crippen LogP contribution is -2.52. The fourth-order valence-electron chi connectivity index (χ4n) is 4.45. The molecule has 1 unspecified atom stereocenters. The lowest BCUT2D eigenvalue weighted by Gasteiger charge is -2.37. The summed E-state index contributed by atoms with van der Waals surface area (Å²) < 4.78 is 0. The van der Waals surface area contributed by atoms with E-state index in [4.69, 9.17) is 5.73 Å². The summed E-state index contributed by atoms with van der Waals surface area (Å²) in [7, 11) is 0. The Morgan fingerprint density at radius 2 is 2.00 bits per heavy atom. The van der Waals surface area contributed by atoms with Crippen LogP contribution in [0.25, 0.3) is 0 Å². The Hall–Kier alpha value is -2.25. The van der Waals surface area contributed by atoms with Gasteiger partial charge < -0.3 is 10.6 Å². The van der Waals surface area contributed by atoms with Crippen LogP contribution in [-0.4, -0.2) is 52.2 Å². The third kappa shape index (κ3) is 3.37. The third-order valence-corrected chi connectivity index (χ3v) is 6.10. The topological polar surface area (TPSA) is 95.7 Å². The number of imide groups is 1. The van der Waals surface area contributed by atoms with Crippen molar-refractivity contribution in [3.63, 3.8) is 0 Å². The number of rotatable bonds is 3. The number of piperidine rings is 2. The number of nitrogens with two attached hydrogens (primary N) is 1. The lowest BCUT2D eigenvalue weighted by molar-refractivity contribution is -0.136. The number of carbonyl (C=O) groups is 3. The summed E-state index contributed by atoms with van der Waals surface area (Å²) >= 11 is 0. The molecule has 2 fully saturated rings. The molecule has 2 saturated heterocycles. The number of nitrogens with one attached hydrogen (secondary N) is 1. The van der Waals surface area contributed by atoms with E-state index in [1.807, 2.05) is 12.1 Å². The Labute approximate surface area is 158 Å². The summed E-state index contributed by atoms with van der Waals surface area (Å²) in [5, 5.41) is 2.35. The molecule has 3 heterocycles. The van der Waals surface area contributed by atoms with Crippen LogP contribution >= 0.6 is 0 Å². The van der Waals surface area contributed by atoms with Crippen LogP contribution in [0.15, 0.2) is 18.2 Å². The van der Waals surface area contributed by atoms with Gasteiger partial charge in [0, 0.05) is 43.7 Å². The largest absolute Gasteiger partial charge is 0.327 e. The SMILES string of the molecule is C[C@@H]1CC[C@@H](N)CN1Cc1cccc2c1CN(C1CCC(=O)NC1=O)C2=O. The minimum Gasteiger partial charge on any atom is -0.327 e. The maximum Gasteiger partial charge on any atom is 0.255 e. The van der Waals surface area contributed by atoms with Crippen molar-refractivity contribution in [2.45, 2.75) is 63.8 Å². The number of likely N-dealkylation sites (tertiary alicyclic amines) is 1. The zero-order valence-corrected chi connectivity index (χ0v) is 15.6. The second-order valence-electron chi connectivity index (χ2n) is 7.96. The van der Waals surface area contributed by atoms with Gasteiger partial charge >= 0.3 is 0 Å². The molecule has 7 heteroatoms. The van der Waals surface area contributed by atoms with E-state index < -0.39 is 6.04 Å². The van der Waals surface area contributed by atoms with Gasteiger partial charge in [-0.3, -0.25) is 24.6 Å². The molecule has 7 nitrogen and oxygen atoms in total. The summed E-state index contributed by atoms with van der Waals surface area (Å²) in [5.74, 6) is -0.758. The maximum absolute atomic E-state index is 12.9. The van der Waals surface area contributed by atoms with Crippen LogP contribution in [0.2, 0.25) is 0 Å². The highest BCUT2D eigenvalue weighted by atomic mass is 16.2. The highest BCUT2D eigenvalue weighted by molar-refractivity contribution is 6.05. The number of benzene rings is 1. The second-order valence-corrected chi connectivity index (χ2v) is 7.96. The van der Waals surface area contributed by atoms with E-state index in [-0.39, 0.29) is 30.2 Å². The van der Waals surface area contributed by atoms with Crippen LogP contribution in [-0.2, 0) is 22.7 Å². The van der Waals surface area contributed by atoms with Gasteiger partial charge in [-0.25, -0.2) is 0 Å². The molecule has 0 radical (unpaired) electrons. The van der Waals surface area contributed by atoms with E-state index in [1.54, 1.807) is 4.90 Å². The Bertz CT molecular complexity index is 793. The van der Waals surface area contributed by atoms with Gasteiger partial charge in [-0.05, 0) is 43.4 Å². The Kier molecular flexibility index (Phi) is 4.74. The molecule has 3 amide bonds. The number of hydrogen-bond acceptors (Lipinski definition) is 5. The first kappa shape index (κ1) is 18.1. The summed E-state index contributed by atoms with van der Waals surface area (Å²) in [5.41, 5.74) is 8.94. The van der Waals surface area contributed by atoms with E-state index in [0.717, 1.165) is 37.1 Å². The first-order valence-electron chi connectivity index (χ1n) is 9.69. The molecule has 3 N–H and O–H groups in total. The molecular formula is C20H26N4O3. The van der Waals surface area contributed by atoms with E-state index in [2.05, 4.69) is 23.2 Å². The highest BCUT2D eigenvalue weighted by Gasteiger charge is 2.40. The number of carbonyl (C=O) groups excluding carboxylic acids is 3. The first-order chi connectivity index (χ1) is 12.9. The predicted octanol–water partition coefficient (Wildman–Crippen LogP) is 0.759. The minimum atomic E-state index is -0.571. The molecule has 0 aromatic heterocycles. The Morgan fingerprint density at radius 1 is 1.19 bits per heavy atom. The van der Waals surface area contributed by atoms with Crippen LogP contribution in [0.3, 0.4) is 0 Å². The molecule has 144 valence electrons. The van der Waals surface area contributed by atoms with Crippen LogP contribution in [0, 0.1) is 0 Å². The predicted molar refractivity (Wildman–Crippen MR) is 99.6 cm³/mol. The highest BCUT2D eigenvalue weighted by Crippen LogP contribution is 2.31. The third-order valence-electron chi connectivity index (χ3n) is 6.10. The van der Waals surface area contributed by atoms with Crippen molar-refractivity contribution in [3.05, 3.63) is 34.9 Å². The molecule has 1 aromatic carbocycles. The fraction of sp³-hybridized carbons (Fsp3) is 0.550. The van der Waals surface area contributed by atoms with Crippen molar-refractivity contribution in [1.82, 2.24) is 15.1 Å². The van der Waals surface area contributed by atoms with Gasteiger partial charge in [0.25, 0.3) is 5.91 Å². The first-order valence-corrected chi connectivity index (χ1v) is 9.69. The average Bonchev–Trinajstić information content (AvgIpc) is 2.96. The number of nitrogens with zero attached hydrogens (tertiary/aromatic N) is 2. The molecular weight excluding hydrogens is 344 g/mol. The van der Waals surface area contributed by atoms with Gasteiger partial charge in [-0.2, -0.15) is 0 Å². The lowest BCUT2D eigenvalue weighted by atomic mass is 9.97. The standard InChI is InChI=1S/C20H26N4O3/c1-12-5-6-14(21)10-23(12)9-13-3-2-4-15-16(13)11-24(20(15)27)17-7-8-18(25)22-19(17)26/h2-4,12,14,17H,5-11,21H2,1H3,(H,22,25,26)/t12-,14-,17?/m1/s1. The quantitative estimate of drug-likeness (QED) is 0.766. The van der Waals surface area contributed by atoms with Gasteiger partial charge in [0.2, 0.25) is 11.8 Å². The summed E-state index contributed by atoms with van der Waals surface area (Å²) in [6.07, 6.45) is 2.79. The second kappa shape index (κ2) is 7.05. The van der Waals surface area contributed by atoms with Crippen LogP contribution in [0.1, 0.15) is 54.1 Å². The molecule has 4 rings (SSSR count). The summed E-state index contributed by atoms with van der Waals surface area (Å²) in [6, 6.07) is 5.89. The van der Waals surface area contributed by atoms with Crippen LogP contribution in [0.4, 0.5) is 0 Å². The van der Waals surface area contributed by atoms with E-state index >= 15 is 0 Å². The van der Waals surface area contributed by atoms with Gasteiger partial charge in [0.1, 0.15) is 6.04 Å². The average molecular weight is 370 g/mol. The van der Waals surface area contributed by atoms with Gasteiger partial charge in [-0.15, -0.1) is 0 Å². The molecule has 0 aliphatic carbocycles. The van der Waals surface area contributed by atoms with Crippen LogP contribution < -0.4 is 11.1 Å². The van der Waals surface area contributed by atoms with Crippen molar-refractivity contribution >= 4 is 17.7 Å². The molecule has 1 aromatic rings.